The minimum Gasteiger partial charge on any atom is -0.504 e. The summed E-state index contributed by atoms with van der Waals surface area (Å²) in [4.78, 5) is 14.0. The van der Waals surface area contributed by atoms with Crippen molar-refractivity contribution in [1.82, 2.24) is 0 Å². The first kappa shape index (κ1) is 22.1. The molecule has 152 valence electrons. The number of amides is 1. The minimum atomic E-state index is -4.55. The summed E-state index contributed by atoms with van der Waals surface area (Å²) in [6.07, 6.45) is -3.14. The van der Waals surface area contributed by atoms with Crippen LogP contribution in [-0.2, 0) is 11.0 Å². The van der Waals surface area contributed by atoms with Gasteiger partial charge in [-0.05, 0) is 62.2 Å². The third-order valence-corrected chi connectivity index (χ3v) is 7.23. The summed E-state index contributed by atoms with van der Waals surface area (Å²) in [6, 6.07) is 5.91. The van der Waals surface area contributed by atoms with Crippen molar-refractivity contribution in [3.05, 3.63) is 55.3 Å². The van der Waals surface area contributed by atoms with Gasteiger partial charge in [-0.3, -0.25) is 9.69 Å². The Balaban J connectivity index is 2.04. The van der Waals surface area contributed by atoms with Crippen LogP contribution >= 0.6 is 55.8 Å². The maximum atomic E-state index is 13.0. The van der Waals surface area contributed by atoms with E-state index in [2.05, 4.69) is 31.9 Å². The van der Waals surface area contributed by atoms with Gasteiger partial charge in [0.1, 0.15) is 0 Å². The third kappa shape index (κ3) is 4.32. The van der Waals surface area contributed by atoms with Gasteiger partial charge in [-0.2, -0.15) is 13.2 Å². The number of aromatic hydroxyl groups is 1. The number of carbonyl (C=O) groups is 1. The summed E-state index contributed by atoms with van der Waals surface area (Å²) in [5.74, 6) is -0.615. The average Bonchev–Trinajstić information content (AvgIpc) is 2.94. The maximum absolute atomic E-state index is 13.0. The zero-order valence-corrected chi connectivity index (χ0v) is 19.2. The Bertz CT molecular complexity index is 1060. The minimum absolute atomic E-state index is 0.0147. The molecular formula is C18H10Br2F3NO3S2. The van der Waals surface area contributed by atoms with Gasteiger partial charge in [0.25, 0.3) is 5.91 Å². The number of phenolic OH excluding ortho intramolecular Hbond substituents is 1. The second-order valence-corrected chi connectivity index (χ2v) is 9.03. The van der Waals surface area contributed by atoms with Gasteiger partial charge in [0.2, 0.25) is 0 Å². The smallest absolute Gasteiger partial charge is 0.416 e. The second-order valence-electron chi connectivity index (χ2n) is 5.70. The predicted octanol–water partition coefficient (Wildman–Crippen LogP) is 6.35. The molecule has 3 rings (SSSR count). The van der Waals surface area contributed by atoms with Crippen LogP contribution in [0.25, 0.3) is 6.08 Å². The summed E-state index contributed by atoms with van der Waals surface area (Å²) >= 11 is 12.8. The lowest BCUT2D eigenvalue weighted by Gasteiger charge is -2.16. The highest BCUT2D eigenvalue weighted by molar-refractivity contribution is 9.13. The van der Waals surface area contributed by atoms with Crippen LogP contribution in [-0.4, -0.2) is 22.4 Å². The summed E-state index contributed by atoms with van der Waals surface area (Å²) in [7, 11) is 1.38. The molecule has 0 aromatic heterocycles. The lowest BCUT2D eigenvalue weighted by Crippen LogP contribution is -2.27. The van der Waals surface area contributed by atoms with Gasteiger partial charge in [-0.25, -0.2) is 0 Å². The van der Waals surface area contributed by atoms with E-state index in [9.17, 15) is 23.1 Å². The number of nitrogens with zero attached hydrogens (tertiary/aromatic N) is 1. The maximum Gasteiger partial charge on any atom is 0.416 e. The molecule has 0 aliphatic carbocycles. The Hall–Kier alpha value is -1.56. The van der Waals surface area contributed by atoms with Gasteiger partial charge in [0.05, 0.1) is 23.3 Å². The van der Waals surface area contributed by atoms with Gasteiger partial charge >= 0.3 is 6.18 Å². The Morgan fingerprint density at radius 2 is 1.97 bits per heavy atom. The van der Waals surface area contributed by atoms with Crippen molar-refractivity contribution < 1.29 is 27.8 Å². The van der Waals surface area contributed by atoms with E-state index < -0.39 is 17.6 Å². The lowest BCUT2D eigenvalue weighted by molar-refractivity contribution is -0.137. The number of phenols is 1. The Morgan fingerprint density at radius 3 is 2.59 bits per heavy atom. The molecule has 1 aliphatic rings. The van der Waals surface area contributed by atoms with Crippen molar-refractivity contribution in [3.63, 3.8) is 0 Å². The quantitative estimate of drug-likeness (QED) is 0.345. The standard InChI is InChI=1S/C18H10Br2F3NO3S2/c1-27-12-7-11(19)14(20)10(15(12)25)6-13-16(26)24(17(28)29-13)9-4-2-3-8(5-9)18(21,22)23/h2-7,25H,1H3/b13-6+. The zero-order valence-electron chi connectivity index (χ0n) is 14.4. The summed E-state index contributed by atoms with van der Waals surface area (Å²) in [5.41, 5.74) is -0.605. The number of alkyl halides is 3. The Kier molecular flexibility index (Phi) is 6.32. The Labute approximate surface area is 190 Å². The molecule has 1 heterocycles. The van der Waals surface area contributed by atoms with Crippen LogP contribution in [0, 0.1) is 0 Å². The molecule has 0 unspecified atom stereocenters. The van der Waals surface area contributed by atoms with E-state index in [1.807, 2.05) is 0 Å². The molecule has 0 radical (unpaired) electrons. The predicted molar refractivity (Wildman–Crippen MR) is 117 cm³/mol. The number of thioether (sulfide) groups is 1. The van der Waals surface area contributed by atoms with Crippen molar-refractivity contribution in [2.24, 2.45) is 0 Å². The fourth-order valence-electron chi connectivity index (χ4n) is 2.54. The molecule has 2 aromatic rings. The topological polar surface area (TPSA) is 49.8 Å². The second kappa shape index (κ2) is 8.29. The molecular weight excluding hydrogens is 559 g/mol. The molecule has 0 spiro atoms. The van der Waals surface area contributed by atoms with Crippen molar-refractivity contribution in [1.29, 1.82) is 0 Å². The molecule has 0 saturated carbocycles. The summed E-state index contributed by atoms with van der Waals surface area (Å²) in [5, 5.41) is 10.4. The molecule has 0 atom stereocenters. The first-order valence-corrected chi connectivity index (χ1v) is 10.6. The van der Waals surface area contributed by atoms with E-state index in [1.165, 1.54) is 25.3 Å². The van der Waals surface area contributed by atoms with Gasteiger partial charge in [0, 0.05) is 14.5 Å². The summed E-state index contributed by atoms with van der Waals surface area (Å²) < 4.78 is 45.3. The van der Waals surface area contributed by atoms with Crippen LogP contribution in [0.2, 0.25) is 0 Å². The molecule has 1 aliphatic heterocycles. The van der Waals surface area contributed by atoms with E-state index >= 15 is 0 Å². The normalized spacial score (nSPS) is 16.1. The molecule has 1 N–H and O–H groups in total. The average molecular weight is 569 g/mol. The lowest BCUT2D eigenvalue weighted by atomic mass is 10.1. The number of hydrogen-bond acceptors (Lipinski definition) is 5. The van der Waals surface area contributed by atoms with Crippen molar-refractivity contribution in [2.45, 2.75) is 6.18 Å². The number of ether oxygens (including phenoxy) is 1. The fourth-order valence-corrected chi connectivity index (χ4v) is 4.66. The number of thiocarbonyl (C=S) groups is 1. The molecule has 11 heteroatoms. The highest BCUT2D eigenvalue weighted by atomic mass is 79.9. The molecule has 1 fully saturated rings. The SMILES string of the molecule is COc1cc(Br)c(Br)c(/C=C2/SC(=S)N(c3cccc(C(F)(F)F)c3)C2=O)c1O. The molecule has 29 heavy (non-hydrogen) atoms. The third-order valence-electron chi connectivity index (χ3n) is 3.91. The van der Waals surface area contributed by atoms with E-state index in [-0.39, 0.29) is 32.0 Å². The van der Waals surface area contributed by atoms with Gasteiger partial charge in [-0.1, -0.05) is 30.0 Å². The fraction of sp³-hybridized carbons (Fsp3) is 0.111. The molecule has 0 bridgehead atoms. The zero-order chi connectivity index (χ0) is 21.5. The Morgan fingerprint density at radius 1 is 1.28 bits per heavy atom. The number of carbonyl (C=O) groups excluding carboxylic acids is 1. The van der Waals surface area contributed by atoms with Crippen LogP contribution in [0.1, 0.15) is 11.1 Å². The van der Waals surface area contributed by atoms with Crippen molar-refractivity contribution >= 4 is 77.8 Å². The van der Waals surface area contributed by atoms with Crippen LogP contribution in [0.3, 0.4) is 0 Å². The number of halogens is 5. The van der Waals surface area contributed by atoms with Gasteiger partial charge < -0.3 is 9.84 Å². The van der Waals surface area contributed by atoms with Crippen molar-refractivity contribution in [2.75, 3.05) is 12.0 Å². The van der Waals surface area contributed by atoms with Gasteiger partial charge in [-0.15, -0.1) is 0 Å². The van der Waals surface area contributed by atoms with Crippen LogP contribution in [0.15, 0.2) is 44.2 Å². The van der Waals surface area contributed by atoms with Crippen LogP contribution in [0.4, 0.5) is 18.9 Å². The monoisotopic (exact) mass is 567 g/mol. The number of rotatable bonds is 3. The number of methoxy groups -OCH3 is 1. The first-order valence-electron chi connectivity index (χ1n) is 7.74. The molecule has 4 nitrogen and oxygen atoms in total. The number of anilines is 1. The molecule has 1 saturated heterocycles. The van der Waals surface area contributed by atoms with E-state index in [4.69, 9.17) is 17.0 Å². The van der Waals surface area contributed by atoms with Crippen LogP contribution < -0.4 is 9.64 Å². The van der Waals surface area contributed by atoms with E-state index in [1.54, 1.807) is 6.07 Å². The highest BCUT2D eigenvalue weighted by Gasteiger charge is 2.36. The highest BCUT2D eigenvalue weighted by Crippen LogP contribution is 2.44. The van der Waals surface area contributed by atoms with E-state index in [0.29, 0.717) is 8.95 Å². The van der Waals surface area contributed by atoms with Gasteiger partial charge in [0.15, 0.2) is 15.8 Å². The molecule has 2 aromatic carbocycles. The largest absolute Gasteiger partial charge is 0.504 e. The number of hydrogen-bond donors (Lipinski definition) is 1. The van der Waals surface area contributed by atoms with E-state index in [0.717, 1.165) is 28.8 Å². The van der Waals surface area contributed by atoms with Crippen LogP contribution in [0.5, 0.6) is 11.5 Å². The summed E-state index contributed by atoms with van der Waals surface area (Å²) in [6.45, 7) is 0. The number of benzene rings is 2. The first-order chi connectivity index (χ1) is 13.5. The molecule has 1 amide bonds. The van der Waals surface area contributed by atoms with Crippen molar-refractivity contribution in [3.8, 4) is 11.5 Å².